The number of nitrogens with two attached hydrogens (primary N) is 1. The second-order valence-corrected chi connectivity index (χ2v) is 7.11. The second-order valence-electron chi connectivity index (χ2n) is 7.11. The van der Waals surface area contributed by atoms with Gasteiger partial charge in [-0.3, -0.25) is 0 Å². The molecule has 0 radical (unpaired) electrons. The summed E-state index contributed by atoms with van der Waals surface area (Å²) in [4.78, 5) is 9.39. The van der Waals surface area contributed by atoms with Crippen molar-refractivity contribution in [2.75, 3.05) is 17.7 Å². The highest BCUT2D eigenvalue weighted by Gasteiger charge is 2.26. The van der Waals surface area contributed by atoms with Gasteiger partial charge in [-0.2, -0.15) is 4.98 Å². The lowest BCUT2D eigenvalue weighted by Crippen LogP contribution is -2.16. The monoisotopic (exact) mass is 304 g/mol. The average Bonchev–Trinajstić information content (AvgIpc) is 3.33. The molecule has 3 N–H and O–H groups in total. The molecule has 0 bridgehead atoms. The molecule has 0 unspecified atom stereocenters. The molecule has 5 nitrogen and oxygen atoms in total. The van der Waals surface area contributed by atoms with Crippen molar-refractivity contribution in [3.63, 3.8) is 0 Å². The summed E-state index contributed by atoms with van der Waals surface area (Å²) in [6.45, 7) is 4.89. The zero-order valence-electron chi connectivity index (χ0n) is 13.8. The Labute approximate surface area is 133 Å². The Hall–Kier alpha value is -1.52. The van der Waals surface area contributed by atoms with Gasteiger partial charge < -0.3 is 15.8 Å². The number of anilines is 2. The lowest BCUT2D eigenvalue weighted by Gasteiger charge is -2.22. The summed E-state index contributed by atoms with van der Waals surface area (Å²) < 4.78 is 5.86. The molecule has 1 aromatic rings. The zero-order chi connectivity index (χ0) is 15.5. The van der Waals surface area contributed by atoms with Crippen LogP contribution in [0.15, 0.2) is 0 Å². The molecular formula is C17H28N4O. The van der Waals surface area contributed by atoms with Crippen molar-refractivity contribution in [1.29, 1.82) is 0 Å². The summed E-state index contributed by atoms with van der Waals surface area (Å²) in [7, 11) is 0. The zero-order valence-corrected chi connectivity index (χ0v) is 13.8. The Kier molecular flexibility index (Phi) is 4.69. The van der Waals surface area contributed by atoms with Gasteiger partial charge in [-0.15, -0.1) is 0 Å². The van der Waals surface area contributed by atoms with E-state index < -0.39 is 0 Å². The first-order valence-corrected chi connectivity index (χ1v) is 8.70. The number of aromatic nitrogens is 2. The maximum absolute atomic E-state index is 6.23. The summed E-state index contributed by atoms with van der Waals surface area (Å²) in [5.74, 6) is 3.16. The molecule has 0 spiro atoms. The molecule has 0 amide bonds. The van der Waals surface area contributed by atoms with Crippen molar-refractivity contribution in [2.45, 2.75) is 70.8 Å². The first kappa shape index (κ1) is 15.4. The number of nitrogen functional groups attached to an aromatic ring is 1. The predicted molar refractivity (Wildman–Crippen MR) is 89.2 cm³/mol. The molecule has 1 aromatic heterocycles. The van der Waals surface area contributed by atoms with E-state index in [0.29, 0.717) is 36.1 Å². The minimum absolute atomic E-state index is 0.451. The molecule has 22 heavy (non-hydrogen) atoms. The van der Waals surface area contributed by atoms with E-state index in [0.717, 1.165) is 11.6 Å². The standard InChI is InChI=1S/C17H28N4O/c1-11(2)10-22-17-14(18)16(19-13-8-9-13)20-15(21-17)12-6-4-3-5-7-12/h11-13H,3-10,18H2,1-2H3,(H,19,20,21). The van der Waals surface area contributed by atoms with Crippen LogP contribution in [0.2, 0.25) is 0 Å². The molecule has 0 atom stereocenters. The van der Waals surface area contributed by atoms with Gasteiger partial charge in [0, 0.05) is 12.0 Å². The van der Waals surface area contributed by atoms with E-state index in [1.165, 1.54) is 44.9 Å². The molecule has 2 saturated carbocycles. The first-order chi connectivity index (χ1) is 10.6. The number of ether oxygens (including phenoxy) is 1. The summed E-state index contributed by atoms with van der Waals surface area (Å²) >= 11 is 0. The lowest BCUT2D eigenvalue weighted by molar-refractivity contribution is 0.260. The predicted octanol–water partition coefficient (Wildman–Crippen LogP) is 3.72. The van der Waals surface area contributed by atoms with E-state index in [2.05, 4.69) is 24.1 Å². The SMILES string of the molecule is CC(C)COc1nc(C2CCCCC2)nc(NC2CC2)c1N. The van der Waals surface area contributed by atoms with Crippen LogP contribution >= 0.6 is 0 Å². The number of hydrogen-bond donors (Lipinski definition) is 2. The normalized spacial score (nSPS) is 19.4. The molecule has 5 heteroatoms. The van der Waals surface area contributed by atoms with E-state index in [1.807, 2.05) is 0 Å². The van der Waals surface area contributed by atoms with Crippen LogP contribution in [0.4, 0.5) is 11.5 Å². The average molecular weight is 304 g/mol. The molecule has 2 fully saturated rings. The number of nitrogens with zero attached hydrogens (tertiary/aromatic N) is 2. The van der Waals surface area contributed by atoms with E-state index in [4.69, 9.17) is 15.5 Å². The van der Waals surface area contributed by atoms with Gasteiger partial charge in [-0.1, -0.05) is 33.1 Å². The van der Waals surface area contributed by atoms with Gasteiger partial charge in [0.2, 0.25) is 5.88 Å². The third kappa shape index (κ3) is 3.81. The molecule has 3 rings (SSSR count). The highest BCUT2D eigenvalue weighted by Crippen LogP contribution is 2.36. The number of rotatable bonds is 6. The van der Waals surface area contributed by atoms with Crippen LogP contribution in [0.3, 0.4) is 0 Å². The molecule has 0 saturated heterocycles. The maximum atomic E-state index is 6.23. The van der Waals surface area contributed by atoms with Crippen molar-refractivity contribution in [3.8, 4) is 5.88 Å². The smallest absolute Gasteiger partial charge is 0.242 e. The van der Waals surface area contributed by atoms with Crippen LogP contribution in [-0.4, -0.2) is 22.6 Å². The molecule has 1 heterocycles. The molecule has 2 aliphatic carbocycles. The molecule has 2 aliphatic rings. The topological polar surface area (TPSA) is 73.1 Å². The minimum Gasteiger partial charge on any atom is -0.476 e. The van der Waals surface area contributed by atoms with Gasteiger partial charge in [-0.05, 0) is 31.6 Å². The van der Waals surface area contributed by atoms with Crippen LogP contribution < -0.4 is 15.8 Å². The van der Waals surface area contributed by atoms with Crippen molar-refractivity contribution in [3.05, 3.63) is 5.82 Å². The first-order valence-electron chi connectivity index (χ1n) is 8.70. The van der Waals surface area contributed by atoms with Crippen LogP contribution in [0, 0.1) is 5.92 Å². The third-order valence-electron chi connectivity index (χ3n) is 4.37. The molecule has 0 aliphatic heterocycles. The largest absolute Gasteiger partial charge is 0.476 e. The number of nitrogens with one attached hydrogen (secondary N) is 1. The van der Waals surface area contributed by atoms with Crippen LogP contribution in [0.25, 0.3) is 0 Å². The molecule has 122 valence electrons. The van der Waals surface area contributed by atoms with Crippen molar-refractivity contribution in [2.24, 2.45) is 5.92 Å². The van der Waals surface area contributed by atoms with Gasteiger partial charge in [0.05, 0.1) is 6.61 Å². The van der Waals surface area contributed by atoms with Crippen LogP contribution in [-0.2, 0) is 0 Å². The van der Waals surface area contributed by atoms with Gasteiger partial charge >= 0.3 is 0 Å². The Morgan fingerprint density at radius 2 is 1.86 bits per heavy atom. The summed E-state index contributed by atoms with van der Waals surface area (Å²) in [6, 6.07) is 0.523. The van der Waals surface area contributed by atoms with Crippen molar-refractivity contribution >= 4 is 11.5 Å². The second kappa shape index (κ2) is 6.71. The minimum atomic E-state index is 0.451. The Balaban J connectivity index is 1.85. The highest BCUT2D eigenvalue weighted by atomic mass is 16.5. The Morgan fingerprint density at radius 1 is 1.14 bits per heavy atom. The highest BCUT2D eigenvalue weighted by molar-refractivity contribution is 5.67. The summed E-state index contributed by atoms with van der Waals surface area (Å²) in [6.07, 6.45) is 8.62. The Bertz CT molecular complexity index is 508. The number of hydrogen-bond acceptors (Lipinski definition) is 5. The van der Waals surface area contributed by atoms with Crippen molar-refractivity contribution in [1.82, 2.24) is 9.97 Å². The van der Waals surface area contributed by atoms with Crippen molar-refractivity contribution < 1.29 is 4.74 Å². The lowest BCUT2D eigenvalue weighted by atomic mass is 9.88. The fourth-order valence-electron chi connectivity index (χ4n) is 2.90. The van der Waals surface area contributed by atoms with Gasteiger partial charge in [-0.25, -0.2) is 4.98 Å². The van der Waals surface area contributed by atoms with E-state index in [9.17, 15) is 0 Å². The fourth-order valence-corrected chi connectivity index (χ4v) is 2.90. The summed E-state index contributed by atoms with van der Waals surface area (Å²) in [5.41, 5.74) is 6.79. The molecular weight excluding hydrogens is 276 g/mol. The fraction of sp³-hybridized carbons (Fsp3) is 0.765. The van der Waals surface area contributed by atoms with Gasteiger partial charge in [0.1, 0.15) is 11.5 Å². The quantitative estimate of drug-likeness (QED) is 0.838. The Morgan fingerprint density at radius 3 is 2.50 bits per heavy atom. The van der Waals surface area contributed by atoms with Gasteiger partial charge in [0.15, 0.2) is 5.82 Å². The third-order valence-corrected chi connectivity index (χ3v) is 4.37. The van der Waals surface area contributed by atoms with E-state index >= 15 is 0 Å². The van der Waals surface area contributed by atoms with Crippen LogP contribution in [0.5, 0.6) is 5.88 Å². The summed E-state index contributed by atoms with van der Waals surface area (Å²) in [5, 5.41) is 3.44. The maximum Gasteiger partial charge on any atom is 0.242 e. The van der Waals surface area contributed by atoms with E-state index in [-0.39, 0.29) is 0 Å². The van der Waals surface area contributed by atoms with Gasteiger partial charge in [0.25, 0.3) is 0 Å². The molecule has 0 aromatic carbocycles. The van der Waals surface area contributed by atoms with Crippen LogP contribution in [0.1, 0.15) is 70.5 Å². The van der Waals surface area contributed by atoms with E-state index in [1.54, 1.807) is 0 Å².